The molecule has 2 aromatic heterocycles. The van der Waals surface area contributed by atoms with E-state index in [-0.39, 0.29) is 5.41 Å². The molecule has 2 heterocycles. The van der Waals surface area contributed by atoms with Crippen molar-refractivity contribution in [1.29, 1.82) is 0 Å². The Bertz CT molecular complexity index is 4570. The first kappa shape index (κ1) is 49.9. The van der Waals surface area contributed by atoms with Gasteiger partial charge in [-0.1, -0.05) is 221 Å². The fraction of sp³-hybridized carbons (Fsp3) is 0.160. The molecule has 0 N–H and O–H groups in total. The molecule has 0 bridgehead atoms. The van der Waals surface area contributed by atoms with Crippen LogP contribution in [-0.2, 0) is 5.41 Å². The highest BCUT2D eigenvalue weighted by atomic mass is 16.3. The Balaban J connectivity index is 0.870. The van der Waals surface area contributed by atoms with Gasteiger partial charge >= 0.3 is 0 Å². The molecular formula is C81H64N2O2. The molecule has 0 spiro atoms. The average Bonchev–Trinajstić information content (AvgIpc) is 2.15. The number of hydrogen-bond acceptors (Lipinski definition) is 4. The van der Waals surface area contributed by atoms with Crippen LogP contribution in [0.3, 0.4) is 0 Å². The highest BCUT2D eigenvalue weighted by molar-refractivity contribution is 6.13. The van der Waals surface area contributed by atoms with Crippen molar-refractivity contribution in [2.24, 2.45) is 11.8 Å². The van der Waals surface area contributed by atoms with E-state index in [1.807, 2.05) is 0 Å². The maximum atomic E-state index is 6.87. The van der Waals surface area contributed by atoms with Gasteiger partial charge in [0.25, 0.3) is 0 Å². The molecule has 2 saturated carbocycles. The molecule has 0 amide bonds. The van der Waals surface area contributed by atoms with Crippen molar-refractivity contribution in [2.75, 3.05) is 9.80 Å². The summed E-state index contributed by atoms with van der Waals surface area (Å²) in [5.74, 6) is 1.04. The van der Waals surface area contributed by atoms with Crippen LogP contribution in [0.2, 0.25) is 0 Å². The summed E-state index contributed by atoms with van der Waals surface area (Å²) >= 11 is 0. The first-order valence-corrected chi connectivity index (χ1v) is 31.0. The van der Waals surface area contributed by atoms with E-state index in [1.165, 1.54) is 119 Å². The van der Waals surface area contributed by atoms with Crippen LogP contribution >= 0.6 is 0 Å². The molecular weight excluding hydrogens is 1030 g/mol. The Hall–Kier alpha value is -9.64. The zero-order valence-corrected chi connectivity index (χ0v) is 47.7. The summed E-state index contributed by atoms with van der Waals surface area (Å²) in [5, 5.41) is 9.83. The highest BCUT2D eigenvalue weighted by Gasteiger charge is 2.55. The van der Waals surface area contributed by atoms with E-state index in [0.717, 1.165) is 78.0 Å². The smallest absolute Gasteiger partial charge is 0.159 e. The summed E-state index contributed by atoms with van der Waals surface area (Å²) in [4.78, 5) is 4.88. The quantitative estimate of drug-likeness (QED) is 0.137. The first-order chi connectivity index (χ1) is 42.2. The van der Waals surface area contributed by atoms with Crippen molar-refractivity contribution in [1.82, 2.24) is 0 Å². The first-order valence-electron chi connectivity index (χ1n) is 31.0. The van der Waals surface area contributed by atoms with E-state index in [2.05, 4.69) is 265 Å². The minimum Gasteiger partial charge on any atom is -0.454 e. The summed E-state index contributed by atoms with van der Waals surface area (Å²) in [5.41, 5.74) is 20.6. The number of rotatable bonds is 10. The third-order valence-corrected chi connectivity index (χ3v) is 19.8. The van der Waals surface area contributed by atoms with Crippen LogP contribution < -0.4 is 9.80 Å². The lowest BCUT2D eigenvalue weighted by Crippen LogP contribution is -2.44. The number of para-hydroxylation sites is 4. The Kier molecular flexibility index (Phi) is 11.9. The number of benzene rings is 12. The van der Waals surface area contributed by atoms with Gasteiger partial charge in [-0.05, 0) is 176 Å². The molecule has 410 valence electrons. The normalized spacial score (nSPS) is 15.3. The summed E-state index contributed by atoms with van der Waals surface area (Å²) in [6.07, 6.45) is 12.7. The standard InChI is InChI=1S/C81H64N2O2/c1-5-21-53(22-6-1)55-25-17-31-61(49-55)82(73-37-19-35-71-67-33-13-15-39-75(67)84-79(71)73)63-43-47-65-57(51-63)41-45-69-70-46-42-58-52-64(44-48-66(58)78(70)81(77(65)69,59-27-9-3-10-28-59)60-29-11-4-12-30-60)83(62-32-18-26-56(50-62)54-23-7-2-8-24-54)74-38-20-36-72-68-34-14-16-40-76(68)85-80(72)74/h1-2,5-8,13-26,31-52,59-60H,3-4,9-12,27-30H2. The molecule has 3 aliphatic carbocycles. The molecule has 85 heavy (non-hydrogen) atoms. The van der Waals surface area contributed by atoms with Crippen molar-refractivity contribution >= 4 is 99.5 Å². The number of hydrogen-bond donors (Lipinski definition) is 0. The largest absolute Gasteiger partial charge is 0.454 e. The Morgan fingerprint density at radius 3 is 1.14 bits per heavy atom. The lowest BCUT2D eigenvalue weighted by atomic mass is 9.54. The number of fused-ring (bicyclic) bond motifs is 13. The van der Waals surface area contributed by atoms with Gasteiger partial charge in [0.15, 0.2) is 11.2 Å². The monoisotopic (exact) mass is 1100 g/mol. The Morgan fingerprint density at radius 1 is 0.294 bits per heavy atom. The lowest BCUT2D eigenvalue weighted by molar-refractivity contribution is 0.140. The van der Waals surface area contributed by atoms with Gasteiger partial charge in [-0.3, -0.25) is 0 Å². The number of nitrogens with zero attached hydrogens (tertiary/aromatic N) is 2. The minimum atomic E-state index is -0.166. The third kappa shape index (κ3) is 8.02. The summed E-state index contributed by atoms with van der Waals surface area (Å²) in [6, 6.07) is 94.5. The van der Waals surface area contributed by atoms with Crippen molar-refractivity contribution in [2.45, 2.75) is 69.6 Å². The maximum absolute atomic E-state index is 6.87. The van der Waals surface area contributed by atoms with E-state index < -0.39 is 0 Å². The maximum Gasteiger partial charge on any atom is 0.159 e. The second-order valence-corrected chi connectivity index (χ2v) is 24.3. The third-order valence-electron chi connectivity index (χ3n) is 19.8. The lowest BCUT2D eigenvalue weighted by Gasteiger charge is -2.49. The fourth-order valence-corrected chi connectivity index (χ4v) is 16.2. The van der Waals surface area contributed by atoms with Gasteiger partial charge in [0.05, 0.1) is 11.4 Å². The molecule has 0 radical (unpaired) electrons. The van der Waals surface area contributed by atoms with Crippen molar-refractivity contribution in [3.8, 4) is 33.4 Å². The number of anilines is 6. The average molecular weight is 1100 g/mol. The van der Waals surface area contributed by atoms with Crippen LogP contribution in [0.15, 0.2) is 264 Å². The molecule has 2 fully saturated rings. The fourth-order valence-electron chi connectivity index (χ4n) is 16.2. The van der Waals surface area contributed by atoms with Gasteiger partial charge in [0, 0.05) is 49.7 Å². The van der Waals surface area contributed by atoms with Gasteiger partial charge in [0.2, 0.25) is 0 Å². The van der Waals surface area contributed by atoms with E-state index >= 15 is 0 Å². The van der Waals surface area contributed by atoms with Crippen molar-refractivity contribution in [3.05, 3.63) is 266 Å². The topological polar surface area (TPSA) is 32.8 Å². The van der Waals surface area contributed by atoms with Crippen molar-refractivity contribution in [3.63, 3.8) is 0 Å². The SMILES string of the molecule is c1ccc(-c2cccc(N(c3ccc4c5c(ccc4c3)-c3ccc4cc(N(c6cccc(-c7ccccc7)c6)c6cccc7c6oc6ccccc67)ccc4c3C5(C3CCCCC3)C3CCCCC3)c3cccc4c3oc3ccccc34)c2)cc1. The van der Waals surface area contributed by atoms with Gasteiger partial charge in [0.1, 0.15) is 11.2 Å². The second-order valence-electron chi connectivity index (χ2n) is 24.3. The van der Waals surface area contributed by atoms with Gasteiger partial charge < -0.3 is 18.6 Å². The summed E-state index contributed by atoms with van der Waals surface area (Å²) in [6.45, 7) is 0. The van der Waals surface area contributed by atoms with E-state index in [4.69, 9.17) is 8.83 Å². The van der Waals surface area contributed by atoms with Gasteiger partial charge in [-0.2, -0.15) is 0 Å². The van der Waals surface area contributed by atoms with E-state index in [0.29, 0.717) is 11.8 Å². The highest BCUT2D eigenvalue weighted by Crippen LogP contribution is 2.65. The summed E-state index contributed by atoms with van der Waals surface area (Å²) < 4.78 is 13.7. The zero-order valence-electron chi connectivity index (χ0n) is 47.7. The minimum absolute atomic E-state index is 0.166. The predicted octanol–water partition coefficient (Wildman–Crippen LogP) is 23.5. The molecule has 0 saturated heterocycles. The summed E-state index contributed by atoms with van der Waals surface area (Å²) in [7, 11) is 0. The van der Waals surface area contributed by atoms with Crippen LogP contribution in [-0.4, -0.2) is 0 Å². The molecule has 4 nitrogen and oxygen atoms in total. The van der Waals surface area contributed by atoms with Crippen molar-refractivity contribution < 1.29 is 8.83 Å². The van der Waals surface area contributed by atoms with Gasteiger partial charge in [-0.15, -0.1) is 0 Å². The zero-order chi connectivity index (χ0) is 56.0. The molecule has 0 unspecified atom stereocenters. The Morgan fingerprint density at radius 2 is 0.682 bits per heavy atom. The number of furan rings is 2. The molecule has 4 heteroatoms. The van der Waals surface area contributed by atoms with Crippen LogP contribution in [0, 0.1) is 11.8 Å². The molecule has 12 aromatic carbocycles. The molecule has 17 rings (SSSR count). The van der Waals surface area contributed by atoms with Crippen LogP contribution in [0.1, 0.15) is 75.3 Å². The van der Waals surface area contributed by atoms with Crippen LogP contribution in [0.5, 0.6) is 0 Å². The second kappa shape index (κ2) is 20.3. The molecule has 0 aliphatic heterocycles. The van der Waals surface area contributed by atoms with Crippen LogP contribution in [0.25, 0.3) is 98.8 Å². The predicted molar refractivity (Wildman–Crippen MR) is 356 cm³/mol. The van der Waals surface area contributed by atoms with E-state index in [9.17, 15) is 0 Å². The molecule has 3 aliphatic rings. The van der Waals surface area contributed by atoms with Gasteiger partial charge in [-0.25, -0.2) is 0 Å². The Labute approximate surface area is 496 Å². The molecule has 14 aromatic rings. The van der Waals surface area contributed by atoms with Crippen LogP contribution in [0.4, 0.5) is 34.1 Å². The molecule has 0 atom stereocenters. The van der Waals surface area contributed by atoms with E-state index in [1.54, 1.807) is 11.1 Å².